The van der Waals surface area contributed by atoms with E-state index in [-0.39, 0.29) is 5.91 Å². The molecule has 0 bridgehead atoms. The molecule has 3 N–H and O–H groups in total. The number of carbonyl (C=O) groups is 1. The zero-order valence-electron chi connectivity index (χ0n) is 15.4. The molecule has 0 unspecified atom stereocenters. The lowest BCUT2D eigenvalue weighted by atomic mass is 9.79. The lowest BCUT2D eigenvalue weighted by Crippen LogP contribution is -2.38. The molecule has 1 aliphatic carbocycles. The van der Waals surface area contributed by atoms with Crippen molar-refractivity contribution in [2.24, 2.45) is 11.8 Å². The molecule has 1 aliphatic heterocycles. The zero-order valence-corrected chi connectivity index (χ0v) is 15.4. The van der Waals surface area contributed by atoms with Crippen LogP contribution < -0.4 is 0 Å². The van der Waals surface area contributed by atoms with Crippen molar-refractivity contribution in [3.63, 3.8) is 0 Å². The monoisotopic (exact) mass is 357 g/mol. The maximum absolute atomic E-state index is 12.6. The van der Waals surface area contributed by atoms with Crippen LogP contribution in [0.25, 0.3) is 11.0 Å². The Bertz CT molecular complexity index is 813. The highest BCUT2D eigenvalue weighted by Gasteiger charge is 2.42. The van der Waals surface area contributed by atoms with Gasteiger partial charge in [0.25, 0.3) is 0 Å². The molecule has 1 saturated heterocycles. The van der Waals surface area contributed by atoms with E-state index < -0.39 is 12.2 Å². The summed E-state index contributed by atoms with van der Waals surface area (Å²) in [6.07, 6.45) is 0.934. The number of imidazole rings is 1. The lowest BCUT2D eigenvalue weighted by Gasteiger charge is -2.31. The molecule has 1 amide bonds. The minimum absolute atomic E-state index is 0.136. The predicted octanol–water partition coefficient (Wildman–Crippen LogP) is 1.70. The van der Waals surface area contributed by atoms with Gasteiger partial charge in [0.1, 0.15) is 5.82 Å². The van der Waals surface area contributed by atoms with Crippen LogP contribution in [0.15, 0.2) is 12.1 Å². The van der Waals surface area contributed by atoms with E-state index in [0.717, 1.165) is 16.9 Å². The second kappa shape index (κ2) is 6.67. The number of aromatic nitrogens is 2. The number of aliphatic hydroxyl groups excluding tert-OH is 2. The van der Waals surface area contributed by atoms with Gasteiger partial charge in [-0.1, -0.05) is 6.07 Å². The number of likely N-dealkylation sites (tertiary alicyclic amines) is 1. The van der Waals surface area contributed by atoms with Crippen LogP contribution >= 0.6 is 0 Å². The predicted molar refractivity (Wildman–Crippen MR) is 98.7 cm³/mol. The summed E-state index contributed by atoms with van der Waals surface area (Å²) in [5.74, 6) is 1.62. The number of nitrogens with one attached hydrogen (secondary N) is 1. The summed E-state index contributed by atoms with van der Waals surface area (Å²) < 4.78 is 0. The number of amides is 1. The first-order chi connectivity index (χ1) is 12.4. The number of benzene rings is 1. The second-order valence-electron chi connectivity index (χ2n) is 8.01. The molecule has 1 saturated carbocycles. The summed E-state index contributed by atoms with van der Waals surface area (Å²) in [7, 11) is 0. The van der Waals surface area contributed by atoms with E-state index in [1.807, 2.05) is 11.0 Å². The van der Waals surface area contributed by atoms with Crippen molar-refractivity contribution < 1.29 is 15.0 Å². The molecule has 26 heavy (non-hydrogen) atoms. The van der Waals surface area contributed by atoms with Crippen molar-refractivity contribution >= 4 is 16.9 Å². The fourth-order valence-electron chi connectivity index (χ4n) is 4.48. The van der Waals surface area contributed by atoms with Crippen molar-refractivity contribution in [3.05, 3.63) is 29.1 Å². The lowest BCUT2D eigenvalue weighted by molar-refractivity contribution is -0.130. The Kier molecular flexibility index (Phi) is 4.49. The fraction of sp³-hybridized carbons (Fsp3) is 0.600. The Labute approximate surface area is 153 Å². The third-order valence-corrected chi connectivity index (χ3v) is 6.27. The molecular formula is C20H27N3O3. The van der Waals surface area contributed by atoms with Crippen LogP contribution in [-0.2, 0) is 11.2 Å². The largest absolute Gasteiger partial charge is 0.390 e. The number of hydrogen-bond acceptors (Lipinski definition) is 4. The standard InChI is InChI=1S/C20H27N3O3/c1-11-3-4-15-20(12(11)2)22-18(21-15)5-6-19(26)23-9-13-7-16(24)17(25)8-14(13)10-23/h3-4,13-14,16-17,24-25H,5-10H2,1-2H3,(H,21,22)/t13-,14+,16+,17-. The van der Waals surface area contributed by atoms with Gasteiger partial charge in [-0.2, -0.15) is 0 Å². The molecule has 1 aromatic carbocycles. The van der Waals surface area contributed by atoms with Gasteiger partial charge in [0.2, 0.25) is 5.91 Å². The number of carbonyl (C=O) groups excluding carboxylic acids is 1. The van der Waals surface area contributed by atoms with Gasteiger partial charge < -0.3 is 20.1 Å². The SMILES string of the molecule is Cc1ccc2[nH]c(CCC(=O)N3C[C@H]4C[C@H](O)[C@H](O)C[C@H]4C3)nc2c1C. The zero-order chi connectivity index (χ0) is 18.4. The fourth-order valence-corrected chi connectivity index (χ4v) is 4.48. The summed E-state index contributed by atoms with van der Waals surface area (Å²) in [5, 5.41) is 19.7. The van der Waals surface area contributed by atoms with E-state index in [2.05, 4.69) is 29.9 Å². The van der Waals surface area contributed by atoms with Crippen LogP contribution in [0, 0.1) is 25.7 Å². The van der Waals surface area contributed by atoms with E-state index in [0.29, 0.717) is 50.6 Å². The molecule has 4 atom stereocenters. The minimum atomic E-state index is -0.645. The smallest absolute Gasteiger partial charge is 0.223 e. The van der Waals surface area contributed by atoms with Gasteiger partial charge in [0.15, 0.2) is 0 Å². The molecule has 6 heteroatoms. The van der Waals surface area contributed by atoms with Crippen molar-refractivity contribution in [1.82, 2.24) is 14.9 Å². The van der Waals surface area contributed by atoms with Crippen LogP contribution in [0.1, 0.15) is 36.2 Å². The van der Waals surface area contributed by atoms with Gasteiger partial charge in [0.05, 0.1) is 23.2 Å². The topological polar surface area (TPSA) is 89.5 Å². The number of fused-ring (bicyclic) bond motifs is 2. The van der Waals surface area contributed by atoms with Crippen LogP contribution in [0.5, 0.6) is 0 Å². The molecule has 4 rings (SSSR count). The van der Waals surface area contributed by atoms with Crippen LogP contribution in [0.3, 0.4) is 0 Å². The van der Waals surface area contributed by atoms with E-state index in [1.54, 1.807) is 0 Å². The first-order valence-corrected chi connectivity index (χ1v) is 9.51. The van der Waals surface area contributed by atoms with Crippen LogP contribution in [0.2, 0.25) is 0 Å². The molecule has 2 aliphatic rings. The highest BCUT2D eigenvalue weighted by atomic mass is 16.3. The highest BCUT2D eigenvalue weighted by Crippen LogP contribution is 2.36. The molecule has 140 valence electrons. The van der Waals surface area contributed by atoms with Gasteiger partial charge in [-0.05, 0) is 55.7 Å². The van der Waals surface area contributed by atoms with Gasteiger partial charge in [-0.15, -0.1) is 0 Å². The van der Waals surface area contributed by atoms with Crippen LogP contribution in [0.4, 0.5) is 0 Å². The number of H-pyrrole nitrogens is 1. The molecular weight excluding hydrogens is 330 g/mol. The quantitative estimate of drug-likeness (QED) is 0.780. The van der Waals surface area contributed by atoms with E-state index in [4.69, 9.17) is 0 Å². The summed E-state index contributed by atoms with van der Waals surface area (Å²) in [6.45, 7) is 5.55. The van der Waals surface area contributed by atoms with Crippen molar-refractivity contribution in [1.29, 1.82) is 0 Å². The van der Waals surface area contributed by atoms with Crippen molar-refractivity contribution in [3.8, 4) is 0 Å². The molecule has 6 nitrogen and oxygen atoms in total. The second-order valence-corrected chi connectivity index (χ2v) is 8.01. The molecule has 0 spiro atoms. The molecule has 2 fully saturated rings. The number of nitrogens with zero attached hydrogens (tertiary/aromatic N) is 2. The summed E-state index contributed by atoms with van der Waals surface area (Å²) in [4.78, 5) is 22.5. The Balaban J connectivity index is 1.38. The number of aromatic amines is 1. The molecule has 2 aromatic rings. The molecule has 0 radical (unpaired) electrons. The Morgan fingerprint density at radius 1 is 1.19 bits per heavy atom. The van der Waals surface area contributed by atoms with Crippen LogP contribution in [-0.4, -0.2) is 56.3 Å². The third-order valence-electron chi connectivity index (χ3n) is 6.27. The summed E-state index contributed by atoms with van der Waals surface area (Å²) in [5.41, 5.74) is 4.40. The molecule has 2 heterocycles. The number of rotatable bonds is 3. The summed E-state index contributed by atoms with van der Waals surface area (Å²) >= 11 is 0. The first kappa shape index (κ1) is 17.5. The first-order valence-electron chi connectivity index (χ1n) is 9.51. The average molecular weight is 357 g/mol. The number of hydrogen-bond donors (Lipinski definition) is 3. The number of aliphatic hydroxyl groups is 2. The maximum atomic E-state index is 12.6. The van der Waals surface area contributed by atoms with Gasteiger partial charge in [0, 0.05) is 25.9 Å². The Morgan fingerprint density at radius 3 is 2.50 bits per heavy atom. The van der Waals surface area contributed by atoms with Crippen molar-refractivity contribution in [2.75, 3.05) is 13.1 Å². The molecule has 1 aromatic heterocycles. The Hall–Kier alpha value is -1.92. The normalized spacial score (nSPS) is 28.5. The van der Waals surface area contributed by atoms with Gasteiger partial charge >= 0.3 is 0 Å². The van der Waals surface area contributed by atoms with E-state index in [1.165, 1.54) is 11.1 Å². The Morgan fingerprint density at radius 2 is 1.85 bits per heavy atom. The van der Waals surface area contributed by atoms with Gasteiger partial charge in [-0.3, -0.25) is 4.79 Å². The van der Waals surface area contributed by atoms with Crippen molar-refractivity contribution in [2.45, 2.75) is 51.7 Å². The number of aryl methyl sites for hydroxylation is 3. The van der Waals surface area contributed by atoms with E-state index >= 15 is 0 Å². The third kappa shape index (κ3) is 3.12. The van der Waals surface area contributed by atoms with Gasteiger partial charge in [-0.25, -0.2) is 4.98 Å². The van der Waals surface area contributed by atoms with E-state index in [9.17, 15) is 15.0 Å². The average Bonchev–Trinajstić information content (AvgIpc) is 3.21. The maximum Gasteiger partial charge on any atom is 0.223 e. The highest BCUT2D eigenvalue weighted by molar-refractivity contribution is 5.80. The minimum Gasteiger partial charge on any atom is -0.390 e. The summed E-state index contributed by atoms with van der Waals surface area (Å²) in [6, 6.07) is 4.12.